The molecule has 4 rings (SSSR count). The molecular formula is C25H22ClFN2O2. The highest BCUT2D eigenvalue weighted by Gasteiger charge is 2.46. The first-order chi connectivity index (χ1) is 14.9. The summed E-state index contributed by atoms with van der Waals surface area (Å²) in [7, 11) is 0. The Labute approximate surface area is 185 Å². The summed E-state index contributed by atoms with van der Waals surface area (Å²) in [6.45, 7) is 2.21. The van der Waals surface area contributed by atoms with Crippen molar-refractivity contribution in [2.45, 2.75) is 32.0 Å². The highest BCUT2D eigenvalue weighted by Crippen LogP contribution is 2.33. The minimum absolute atomic E-state index is 0.135. The number of carbonyl (C=O) groups excluding carboxylic acids is 2. The summed E-state index contributed by atoms with van der Waals surface area (Å²) in [4.78, 5) is 28.3. The van der Waals surface area contributed by atoms with E-state index in [0.29, 0.717) is 29.1 Å². The number of amides is 2. The van der Waals surface area contributed by atoms with Crippen molar-refractivity contribution in [3.05, 3.63) is 106 Å². The normalized spacial score (nSPS) is 17.9. The Morgan fingerprint density at radius 3 is 2.55 bits per heavy atom. The number of rotatable bonds is 5. The van der Waals surface area contributed by atoms with Crippen LogP contribution in [0.25, 0.3) is 0 Å². The van der Waals surface area contributed by atoms with Crippen LogP contribution in [0.5, 0.6) is 0 Å². The molecule has 1 aliphatic rings. The van der Waals surface area contributed by atoms with Gasteiger partial charge in [-0.1, -0.05) is 54.1 Å². The highest BCUT2D eigenvalue weighted by atomic mass is 35.5. The Kier molecular flexibility index (Phi) is 5.79. The van der Waals surface area contributed by atoms with E-state index in [2.05, 4.69) is 5.32 Å². The lowest BCUT2D eigenvalue weighted by Crippen LogP contribution is -2.62. The van der Waals surface area contributed by atoms with E-state index in [4.69, 9.17) is 11.6 Å². The average molecular weight is 437 g/mol. The second kappa shape index (κ2) is 8.52. The average Bonchev–Trinajstić information content (AvgIpc) is 2.76. The Morgan fingerprint density at radius 2 is 1.81 bits per heavy atom. The van der Waals surface area contributed by atoms with Crippen LogP contribution >= 0.6 is 11.6 Å². The minimum atomic E-state index is -1.12. The van der Waals surface area contributed by atoms with Gasteiger partial charge >= 0.3 is 0 Å². The summed E-state index contributed by atoms with van der Waals surface area (Å²) in [5, 5.41) is 3.58. The Bertz CT molecular complexity index is 1130. The topological polar surface area (TPSA) is 49.4 Å². The summed E-state index contributed by atoms with van der Waals surface area (Å²) < 4.78 is 13.8. The Morgan fingerprint density at radius 1 is 1.06 bits per heavy atom. The van der Waals surface area contributed by atoms with E-state index < -0.39 is 5.54 Å². The van der Waals surface area contributed by atoms with Gasteiger partial charge in [0.25, 0.3) is 5.91 Å². The molecule has 3 aromatic carbocycles. The molecule has 0 saturated heterocycles. The van der Waals surface area contributed by atoms with Crippen LogP contribution in [-0.2, 0) is 24.3 Å². The number of hydrogen-bond donors (Lipinski definition) is 1. The van der Waals surface area contributed by atoms with Gasteiger partial charge in [0, 0.05) is 30.1 Å². The summed E-state index contributed by atoms with van der Waals surface area (Å²) in [6.07, 6.45) is 0.372. The third kappa shape index (κ3) is 4.32. The van der Waals surface area contributed by atoms with Gasteiger partial charge in [0.1, 0.15) is 11.4 Å². The highest BCUT2D eigenvalue weighted by molar-refractivity contribution is 6.30. The third-order valence-electron chi connectivity index (χ3n) is 5.71. The first-order valence-electron chi connectivity index (χ1n) is 10.0. The monoisotopic (exact) mass is 436 g/mol. The molecule has 1 atom stereocenters. The molecule has 0 fully saturated rings. The fourth-order valence-electron chi connectivity index (χ4n) is 3.96. The van der Waals surface area contributed by atoms with Crippen molar-refractivity contribution >= 4 is 23.4 Å². The molecule has 31 heavy (non-hydrogen) atoms. The standard InChI is InChI=1S/C25H22ClFN2O2/c1-25(24(31)28-15-17-9-11-20(26)12-10-17)14-19-6-2-3-8-22(19)23(30)29(25)16-18-5-4-7-21(27)13-18/h2-13H,14-16H2,1H3,(H,28,31). The van der Waals surface area contributed by atoms with E-state index in [0.717, 1.165) is 11.1 Å². The molecule has 158 valence electrons. The van der Waals surface area contributed by atoms with Crippen LogP contribution in [0.15, 0.2) is 72.8 Å². The molecule has 4 nitrogen and oxygen atoms in total. The Hall–Kier alpha value is -3.18. The first kappa shape index (κ1) is 21.1. The molecular weight excluding hydrogens is 415 g/mol. The van der Waals surface area contributed by atoms with Crippen LogP contribution in [0.4, 0.5) is 4.39 Å². The quantitative estimate of drug-likeness (QED) is 0.627. The van der Waals surface area contributed by atoms with Crippen molar-refractivity contribution in [1.29, 1.82) is 0 Å². The second-order valence-electron chi connectivity index (χ2n) is 7.94. The van der Waals surface area contributed by atoms with Crippen LogP contribution < -0.4 is 5.32 Å². The van der Waals surface area contributed by atoms with Gasteiger partial charge in [-0.3, -0.25) is 9.59 Å². The van der Waals surface area contributed by atoms with Gasteiger partial charge in [0.15, 0.2) is 0 Å². The summed E-state index contributed by atoms with van der Waals surface area (Å²) in [6, 6.07) is 20.6. The number of nitrogens with zero attached hydrogens (tertiary/aromatic N) is 1. The molecule has 1 heterocycles. The number of nitrogens with one attached hydrogen (secondary N) is 1. The van der Waals surface area contributed by atoms with E-state index in [1.165, 1.54) is 12.1 Å². The third-order valence-corrected chi connectivity index (χ3v) is 5.96. The summed E-state index contributed by atoms with van der Waals surface area (Å²) in [5.41, 5.74) is 1.81. The molecule has 0 bridgehead atoms. The maximum Gasteiger partial charge on any atom is 0.255 e. The molecule has 0 aliphatic carbocycles. The molecule has 0 spiro atoms. The number of benzene rings is 3. The molecule has 1 N–H and O–H groups in total. The van der Waals surface area contributed by atoms with Crippen LogP contribution in [0.3, 0.4) is 0 Å². The zero-order chi connectivity index (χ0) is 22.0. The summed E-state index contributed by atoms with van der Waals surface area (Å²) in [5.74, 6) is -0.881. The molecule has 1 unspecified atom stereocenters. The Balaban J connectivity index is 1.64. The van der Waals surface area contributed by atoms with Gasteiger partial charge in [-0.25, -0.2) is 4.39 Å². The van der Waals surface area contributed by atoms with E-state index in [1.807, 2.05) is 24.3 Å². The molecule has 0 saturated carbocycles. The van der Waals surface area contributed by atoms with Gasteiger partial charge < -0.3 is 10.2 Å². The predicted octanol–water partition coefficient (Wildman–Crippen LogP) is 4.75. The molecule has 0 aromatic heterocycles. The fourth-order valence-corrected chi connectivity index (χ4v) is 4.09. The van der Waals surface area contributed by atoms with Gasteiger partial charge in [0.05, 0.1) is 0 Å². The SMILES string of the molecule is CC1(C(=O)NCc2ccc(Cl)cc2)Cc2ccccc2C(=O)N1Cc1cccc(F)c1. The maximum atomic E-state index is 13.8. The lowest BCUT2D eigenvalue weighted by molar-refractivity contribution is -0.132. The van der Waals surface area contributed by atoms with Crippen LogP contribution in [0.1, 0.15) is 34.0 Å². The van der Waals surface area contributed by atoms with Crippen molar-refractivity contribution in [3.63, 3.8) is 0 Å². The van der Waals surface area contributed by atoms with Crippen molar-refractivity contribution in [3.8, 4) is 0 Å². The number of halogens is 2. The lowest BCUT2D eigenvalue weighted by Gasteiger charge is -2.44. The predicted molar refractivity (Wildman–Crippen MR) is 118 cm³/mol. The molecule has 3 aromatic rings. The van der Waals surface area contributed by atoms with E-state index in [-0.39, 0.29) is 24.2 Å². The van der Waals surface area contributed by atoms with Gasteiger partial charge in [-0.15, -0.1) is 0 Å². The molecule has 2 amide bonds. The minimum Gasteiger partial charge on any atom is -0.350 e. The first-order valence-corrected chi connectivity index (χ1v) is 10.4. The largest absolute Gasteiger partial charge is 0.350 e. The lowest BCUT2D eigenvalue weighted by atomic mass is 9.82. The van der Waals surface area contributed by atoms with E-state index in [1.54, 1.807) is 48.2 Å². The van der Waals surface area contributed by atoms with Crippen LogP contribution in [0, 0.1) is 5.82 Å². The van der Waals surface area contributed by atoms with Crippen molar-refractivity contribution in [2.75, 3.05) is 0 Å². The molecule has 6 heteroatoms. The number of hydrogen-bond acceptors (Lipinski definition) is 2. The van der Waals surface area contributed by atoms with Gasteiger partial charge in [-0.05, 0) is 53.9 Å². The zero-order valence-electron chi connectivity index (χ0n) is 17.1. The molecule has 0 radical (unpaired) electrons. The van der Waals surface area contributed by atoms with Gasteiger partial charge in [-0.2, -0.15) is 0 Å². The van der Waals surface area contributed by atoms with E-state index in [9.17, 15) is 14.0 Å². The van der Waals surface area contributed by atoms with Crippen LogP contribution in [0.2, 0.25) is 5.02 Å². The zero-order valence-corrected chi connectivity index (χ0v) is 17.8. The van der Waals surface area contributed by atoms with Crippen molar-refractivity contribution in [1.82, 2.24) is 10.2 Å². The van der Waals surface area contributed by atoms with Crippen LogP contribution in [-0.4, -0.2) is 22.3 Å². The maximum absolute atomic E-state index is 13.8. The van der Waals surface area contributed by atoms with E-state index >= 15 is 0 Å². The number of fused-ring (bicyclic) bond motifs is 1. The second-order valence-corrected chi connectivity index (χ2v) is 8.37. The smallest absolute Gasteiger partial charge is 0.255 e. The van der Waals surface area contributed by atoms with Crippen molar-refractivity contribution in [2.24, 2.45) is 0 Å². The summed E-state index contributed by atoms with van der Waals surface area (Å²) >= 11 is 5.93. The fraction of sp³-hybridized carbons (Fsp3) is 0.200. The molecule has 1 aliphatic heterocycles. The van der Waals surface area contributed by atoms with Crippen molar-refractivity contribution < 1.29 is 14.0 Å². The number of carbonyl (C=O) groups is 2. The van der Waals surface area contributed by atoms with Gasteiger partial charge in [0.2, 0.25) is 5.91 Å².